The summed E-state index contributed by atoms with van der Waals surface area (Å²) >= 11 is 8.82. The predicted molar refractivity (Wildman–Crippen MR) is 66.7 cm³/mol. The fourth-order valence-corrected chi connectivity index (χ4v) is 1.74. The van der Waals surface area contributed by atoms with E-state index in [4.69, 9.17) is 21.4 Å². The average Bonchev–Trinajstić information content (AvgIpc) is 2.28. The van der Waals surface area contributed by atoms with Crippen LogP contribution in [0.2, 0.25) is 5.02 Å². The minimum Gasteiger partial charge on any atom is -0.501 e. The van der Waals surface area contributed by atoms with E-state index in [1.165, 1.54) is 12.3 Å². The largest absolute Gasteiger partial charge is 0.501 e. The highest BCUT2D eigenvalue weighted by atomic mass is 79.9. The molecule has 0 amide bonds. The number of hydrogen-bond acceptors (Lipinski definition) is 2. The van der Waals surface area contributed by atoms with E-state index in [2.05, 4.69) is 15.9 Å². The van der Waals surface area contributed by atoms with Gasteiger partial charge in [0.25, 0.3) is 0 Å². The van der Waals surface area contributed by atoms with Crippen molar-refractivity contribution in [3.8, 4) is 0 Å². The number of carbonyl (C=O) groups is 1. The summed E-state index contributed by atoms with van der Waals surface area (Å²) in [5.41, 5.74) is -0.0208. The normalized spacial score (nSPS) is 10.8. The lowest BCUT2D eigenvalue weighted by Gasteiger charge is -2.07. The second-order valence-corrected chi connectivity index (χ2v) is 4.18. The molecule has 0 aromatic heterocycles. The summed E-state index contributed by atoms with van der Waals surface area (Å²) in [4.78, 5) is 11.0. The van der Waals surface area contributed by atoms with Crippen molar-refractivity contribution >= 4 is 39.6 Å². The Labute approximate surface area is 111 Å². The van der Waals surface area contributed by atoms with Gasteiger partial charge in [0.1, 0.15) is 5.82 Å². The molecule has 92 valence electrons. The molecule has 0 spiro atoms. The van der Waals surface area contributed by atoms with E-state index in [0.29, 0.717) is 6.61 Å². The molecular formula is C11H9BrClFO3. The smallest absolute Gasteiger partial charge is 0.336 e. The highest BCUT2D eigenvalue weighted by Crippen LogP contribution is 2.32. The van der Waals surface area contributed by atoms with E-state index in [-0.39, 0.29) is 20.6 Å². The van der Waals surface area contributed by atoms with Crippen LogP contribution in [0.25, 0.3) is 6.08 Å². The molecule has 17 heavy (non-hydrogen) atoms. The molecular weight excluding hydrogens is 314 g/mol. The van der Waals surface area contributed by atoms with Gasteiger partial charge in [-0.15, -0.1) is 0 Å². The average molecular weight is 324 g/mol. The van der Waals surface area contributed by atoms with Crippen molar-refractivity contribution < 1.29 is 19.0 Å². The van der Waals surface area contributed by atoms with Crippen molar-refractivity contribution in [3.63, 3.8) is 0 Å². The first kappa shape index (κ1) is 14.0. The highest BCUT2D eigenvalue weighted by molar-refractivity contribution is 9.10. The molecule has 1 aromatic carbocycles. The van der Waals surface area contributed by atoms with Gasteiger partial charge in [-0.3, -0.25) is 0 Å². The van der Waals surface area contributed by atoms with Crippen LogP contribution in [-0.2, 0) is 4.74 Å². The van der Waals surface area contributed by atoms with E-state index >= 15 is 0 Å². The minimum atomic E-state index is -1.26. The number of hydrogen-bond donors (Lipinski definition) is 1. The molecule has 0 fully saturated rings. The van der Waals surface area contributed by atoms with Crippen LogP contribution in [0, 0.1) is 5.82 Å². The molecule has 0 atom stereocenters. The standard InChI is InChI=1S/C11H9BrClFO3/c1-2-17-4-3-6-7(11(15)16)5-8(14)9(12)10(6)13/h3-5H,2H2,1H3,(H,15,16)/b4-3+. The van der Waals surface area contributed by atoms with E-state index in [0.717, 1.165) is 6.07 Å². The highest BCUT2D eigenvalue weighted by Gasteiger charge is 2.17. The third-order valence-corrected chi connectivity index (χ3v) is 3.32. The van der Waals surface area contributed by atoms with E-state index in [1.807, 2.05) is 0 Å². The molecule has 0 radical (unpaired) electrons. The molecule has 0 heterocycles. The molecule has 0 bridgehead atoms. The van der Waals surface area contributed by atoms with Crippen molar-refractivity contribution in [2.45, 2.75) is 6.92 Å². The number of halogens is 3. The molecule has 3 nitrogen and oxygen atoms in total. The quantitative estimate of drug-likeness (QED) is 0.674. The maximum Gasteiger partial charge on any atom is 0.336 e. The predicted octanol–water partition coefficient (Wildman–Crippen LogP) is 3.95. The molecule has 0 unspecified atom stereocenters. The molecule has 0 saturated heterocycles. The summed E-state index contributed by atoms with van der Waals surface area (Å²) < 4.78 is 18.3. The Hall–Kier alpha value is -1.07. The maximum absolute atomic E-state index is 13.3. The third-order valence-electron chi connectivity index (χ3n) is 1.93. The number of ether oxygens (including phenoxy) is 1. The van der Waals surface area contributed by atoms with Crippen LogP contribution in [0.3, 0.4) is 0 Å². The molecule has 0 saturated carbocycles. The Bertz CT molecular complexity index is 474. The molecule has 1 N–H and O–H groups in total. The molecule has 0 aliphatic rings. The number of aromatic carboxylic acids is 1. The Balaban J connectivity index is 3.34. The molecule has 1 rings (SSSR count). The van der Waals surface area contributed by atoms with Gasteiger partial charge in [-0.2, -0.15) is 0 Å². The zero-order valence-electron chi connectivity index (χ0n) is 8.84. The van der Waals surface area contributed by atoms with Crippen molar-refractivity contribution in [3.05, 3.63) is 38.8 Å². The van der Waals surface area contributed by atoms with Gasteiger partial charge in [0.2, 0.25) is 0 Å². The monoisotopic (exact) mass is 322 g/mol. The van der Waals surface area contributed by atoms with Gasteiger partial charge >= 0.3 is 5.97 Å². The van der Waals surface area contributed by atoms with E-state index in [1.54, 1.807) is 6.92 Å². The lowest BCUT2D eigenvalue weighted by molar-refractivity contribution is 0.0696. The van der Waals surface area contributed by atoms with Crippen molar-refractivity contribution in [2.75, 3.05) is 6.61 Å². The first-order chi connectivity index (χ1) is 7.99. The van der Waals surface area contributed by atoms with Gasteiger partial charge in [0.15, 0.2) is 0 Å². The SMILES string of the molecule is CCO/C=C/c1c(C(=O)O)cc(F)c(Br)c1Cl. The van der Waals surface area contributed by atoms with Crippen LogP contribution in [0.15, 0.2) is 16.8 Å². The minimum absolute atomic E-state index is 0.00152. The Kier molecular flexibility index (Phi) is 4.96. The van der Waals surface area contributed by atoms with E-state index < -0.39 is 11.8 Å². The fourth-order valence-electron chi connectivity index (χ4n) is 1.16. The second kappa shape index (κ2) is 6.02. The van der Waals surface area contributed by atoms with Gasteiger partial charge in [-0.25, -0.2) is 9.18 Å². The summed E-state index contributed by atoms with van der Waals surface area (Å²) in [7, 11) is 0. The zero-order valence-corrected chi connectivity index (χ0v) is 11.2. The summed E-state index contributed by atoms with van der Waals surface area (Å²) in [6, 6.07) is 0.907. The molecule has 0 aliphatic carbocycles. The van der Waals surface area contributed by atoms with Crippen LogP contribution in [0.1, 0.15) is 22.8 Å². The summed E-state index contributed by atoms with van der Waals surface area (Å²) in [5, 5.41) is 8.95. The maximum atomic E-state index is 13.3. The van der Waals surface area contributed by atoms with Gasteiger partial charge in [0, 0.05) is 5.56 Å². The van der Waals surface area contributed by atoms with Crippen LogP contribution in [-0.4, -0.2) is 17.7 Å². The van der Waals surface area contributed by atoms with Crippen LogP contribution in [0.4, 0.5) is 4.39 Å². The van der Waals surface area contributed by atoms with Gasteiger partial charge < -0.3 is 9.84 Å². The number of rotatable bonds is 4. The topological polar surface area (TPSA) is 46.5 Å². The van der Waals surface area contributed by atoms with Gasteiger partial charge in [-0.1, -0.05) is 11.6 Å². The van der Waals surface area contributed by atoms with Crippen molar-refractivity contribution in [1.29, 1.82) is 0 Å². The van der Waals surface area contributed by atoms with Crippen molar-refractivity contribution in [1.82, 2.24) is 0 Å². The summed E-state index contributed by atoms with van der Waals surface area (Å²) in [5.74, 6) is -1.98. The molecule has 1 aromatic rings. The Morgan fingerprint density at radius 2 is 2.35 bits per heavy atom. The van der Waals surface area contributed by atoms with Crippen LogP contribution >= 0.6 is 27.5 Å². The van der Waals surface area contributed by atoms with Crippen LogP contribution < -0.4 is 0 Å². The van der Waals surface area contributed by atoms with Gasteiger partial charge in [-0.05, 0) is 35.0 Å². The first-order valence-electron chi connectivity index (χ1n) is 4.68. The summed E-state index contributed by atoms with van der Waals surface area (Å²) in [6.45, 7) is 2.23. The Morgan fingerprint density at radius 3 is 2.88 bits per heavy atom. The fraction of sp³-hybridized carbons (Fsp3) is 0.182. The Morgan fingerprint density at radius 1 is 1.71 bits per heavy atom. The van der Waals surface area contributed by atoms with E-state index in [9.17, 15) is 9.18 Å². The summed E-state index contributed by atoms with van der Waals surface area (Å²) in [6.07, 6.45) is 2.71. The third kappa shape index (κ3) is 3.20. The first-order valence-corrected chi connectivity index (χ1v) is 5.85. The number of carboxylic acids is 1. The molecule has 0 aliphatic heterocycles. The van der Waals surface area contributed by atoms with Crippen LogP contribution in [0.5, 0.6) is 0 Å². The van der Waals surface area contributed by atoms with Gasteiger partial charge in [0.05, 0.1) is 27.9 Å². The van der Waals surface area contributed by atoms with Crippen molar-refractivity contribution in [2.24, 2.45) is 0 Å². The second-order valence-electron chi connectivity index (χ2n) is 3.01. The number of carboxylic acid groups (broad SMARTS) is 1. The molecule has 6 heteroatoms. The lowest BCUT2D eigenvalue weighted by Crippen LogP contribution is -2.02. The number of benzene rings is 1. The lowest BCUT2D eigenvalue weighted by atomic mass is 10.1. The zero-order chi connectivity index (χ0) is 13.0.